The Morgan fingerprint density at radius 1 is 1.50 bits per heavy atom. The number of aromatic nitrogens is 1. The van der Waals surface area contributed by atoms with Crippen LogP contribution in [0.5, 0.6) is 0 Å². The highest BCUT2D eigenvalue weighted by molar-refractivity contribution is 5.92. The van der Waals surface area contributed by atoms with Crippen molar-refractivity contribution in [3.05, 3.63) is 23.8 Å². The lowest BCUT2D eigenvalue weighted by Crippen LogP contribution is -2.12. The normalized spacial score (nSPS) is 18.5. The number of aromatic carboxylic acids is 1. The molecule has 2 heterocycles. The van der Waals surface area contributed by atoms with E-state index in [0.717, 1.165) is 32.4 Å². The Hall–Kier alpha value is -2.08. The third-order valence-electron chi connectivity index (χ3n) is 3.40. The van der Waals surface area contributed by atoms with Crippen molar-refractivity contribution in [3.63, 3.8) is 0 Å². The zero-order valence-electron chi connectivity index (χ0n) is 11.0. The first-order valence-electron chi connectivity index (χ1n) is 6.72. The number of rotatable bonds is 5. The summed E-state index contributed by atoms with van der Waals surface area (Å²) >= 11 is 0. The van der Waals surface area contributed by atoms with E-state index < -0.39 is 5.97 Å². The maximum absolute atomic E-state index is 10.9. The number of oxazole rings is 1. The van der Waals surface area contributed by atoms with Gasteiger partial charge in [0.05, 0.1) is 11.7 Å². The molecule has 1 aromatic heterocycles. The van der Waals surface area contributed by atoms with Gasteiger partial charge in [-0.3, -0.25) is 0 Å². The fraction of sp³-hybridized carbons (Fsp3) is 0.429. The topological polar surface area (TPSA) is 84.6 Å². The van der Waals surface area contributed by atoms with Crippen LogP contribution in [-0.4, -0.2) is 35.3 Å². The minimum atomic E-state index is -0.976. The van der Waals surface area contributed by atoms with Gasteiger partial charge in [0.25, 0.3) is 6.01 Å². The third kappa shape index (κ3) is 2.75. The third-order valence-corrected chi connectivity index (χ3v) is 3.40. The van der Waals surface area contributed by atoms with E-state index in [9.17, 15) is 4.79 Å². The van der Waals surface area contributed by atoms with Crippen LogP contribution in [0.25, 0.3) is 11.1 Å². The van der Waals surface area contributed by atoms with Crippen molar-refractivity contribution in [2.45, 2.75) is 25.4 Å². The molecule has 1 aliphatic heterocycles. The Labute approximate surface area is 115 Å². The van der Waals surface area contributed by atoms with Gasteiger partial charge in [0.1, 0.15) is 5.52 Å². The highest BCUT2D eigenvalue weighted by Crippen LogP contribution is 2.21. The molecule has 6 nitrogen and oxygen atoms in total. The van der Waals surface area contributed by atoms with Gasteiger partial charge in [-0.25, -0.2) is 4.79 Å². The Bertz CT molecular complexity index is 617. The van der Waals surface area contributed by atoms with Gasteiger partial charge in [0, 0.05) is 13.2 Å². The Morgan fingerprint density at radius 3 is 3.15 bits per heavy atom. The van der Waals surface area contributed by atoms with Crippen molar-refractivity contribution < 1.29 is 19.1 Å². The van der Waals surface area contributed by atoms with Crippen LogP contribution in [0.4, 0.5) is 6.01 Å². The number of anilines is 1. The number of carboxylic acids is 1. The lowest BCUT2D eigenvalue weighted by molar-refractivity contribution is 0.0697. The minimum Gasteiger partial charge on any atom is -0.478 e. The van der Waals surface area contributed by atoms with E-state index in [1.807, 2.05) is 0 Å². The predicted octanol–water partition coefficient (Wildman–Crippen LogP) is 2.51. The Kier molecular flexibility index (Phi) is 3.56. The lowest BCUT2D eigenvalue weighted by Gasteiger charge is -2.08. The molecule has 2 N–H and O–H groups in total. The zero-order valence-corrected chi connectivity index (χ0v) is 11.0. The molecule has 0 spiro atoms. The number of benzene rings is 1. The maximum Gasteiger partial charge on any atom is 0.335 e. The van der Waals surface area contributed by atoms with Crippen LogP contribution in [0.15, 0.2) is 22.6 Å². The highest BCUT2D eigenvalue weighted by atomic mass is 16.5. The molecule has 0 bridgehead atoms. The van der Waals surface area contributed by atoms with Gasteiger partial charge >= 0.3 is 5.97 Å². The van der Waals surface area contributed by atoms with Crippen LogP contribution in [0, 0.1) is 0 Å². The van der Waals surface area contributed by atoms with E-state index in [0.29, 0.717) is 23.2 Å². The molecule has 0 amide bonds. The van der Waals surface area contributed by atoms with Gasteiger partial charge in [0.2, 0.25) is 0 Å². The molecule has 0 aliphatic carbocycles. The second-order valence-corrected chi connectivity index (χ2v) is 4.86. The number of hydrogen-bond donors (Lipinski definition) is 2. The molecule has 1 saturated heterocycles. The van der Waals surface area contributed by atoms with Crippen LogP contribution in [0.3, 0.4) is 0 Å². The Balaban J connectivity index is 1.64. The predicted molar refractivity (Wildman–Crippen MR) is 73.0 cm³/mol. The second kappa shape index (κ2) is 5.50. The van der Waals surface area contributed by atoms with Crippen molar-refractivity contribution in [2.24, 2.45) is 0 Å². The molecule has 1 atom stereocenters. The SMILES string of the molecule is O=C(O)c1ccc2nc(NCCC3CCCO3)oc2c1. The van der Waals surface area contributed by atoms with Gasteiger partial charge in [-0.15, -0.1) is 0 Å². The minimum absolute atomic E-state index is 0.194. The fourth-order valence-electron chi connectivity index (χ4n) is 2.35. The van der Waals surface area contributed by atoms with Gasteiger partial charge < -0.3 is 19.6 Å². The summed E-state index contributed by atoms with van der Waals surface area (Å²) in [6.45, 7) is 1.58. The van der Waals surface area contributed by atoms with Gasteiger partial charge in [-0.2, -0.15) is 4.98 Å². The number of carboxylic acid groups (broad SMARTS) is 1. The summed E-state index contributed by atoms with van der Waals surface area (Å²) in [6, 6.07) is 5.06. The van der Waals surface area contributed by atoms with E-state index in [1.54, 1.807) is 6.07 Å². The molecule has 1 unspecified atom stereocenters. The van der Waals surface area contributed by atoms with E-state index >= 15 is 0 Å². The summed E-state index contributed by atoms with van der Waals surface area (Å²) in [4.78, 5) is 15.1. The molecular formula is C14H16N2O4. The van der Waals surface area contributed by atoms with Crippen LogP contribution in [-0.2, 0) is 4.74 Å². The monoisotopic (exact) mass is 276 g/mol. The summed E-state index contributed by atoms with van der Waals surface area (Å²) in [5.74, 6) is -0.976. The molecule has 0 saturated carbocycles. The number of ether oxygens (including phenoxy) is 1. The van der Waals surface area contributed by atoms with Crippen molar-refractivity contribution >= 4 is 23.1 Å². The average Bonchev–Trinajstić information content (AvgIpc) is 3.06. The van der Waals surface area contributed by atoms with Gasteiger partial charge in [-0.1, -0.05) is 0 Å². The van der Waals surface area contributed by atoms with E-state index in [4.69, 9.17) is 14.3 Å². The largest absolute Gasteiger partial charge is 0.478 e. The van der Waals surface area contributed by atoms with Crippen LogP contribution in [0.1, 0.15) is 29.6 Å². The fourth-order valence-corrected chi connectivity index (χ4v) is 2.35. The smallest absolute Gasteiger partial charge is 0.335 e. The second-order valence-electron chi connectivity index (χ2n) is 4.86. The summed E-state index contributed by atoms with van der Waals surface area (Å²) in [7, 11) is 0. The molecule has 3 rings (SSSR count). The molecule has 20 heavy (non-hydrogen) atoms. The van der Waals surface area contributed by atoms with E-state index in [-0.39, 0.29) is 5.56 Å². The standard InChI is InChI=1S/C14H16N2O4/c17-13(18)9-3-4-11-12(8-9)20-14(16-11)15-6-5-10-2-1-7-19-10/h3-4,8,10H,1-2,5-7H2,(H,15,16)(H,17,18). The van der Waals surface area contributed by atoms with Crippen LogP contribution >= 0.6 is 0 Å². The van der Waals surface area contributed by atoms with Crippen LogP contribution in [0.2, 0.25) is 0 Å². The number of nitrogens with one attached hydrogen (secondary N) is 1. The van der Waals surface area contributed by atoms with Crippen molar-refractivity contribution in [2.75, 3.05) is 18.5 Å². The highest BCUT2D eigenvalue weighted by Gasteiger charge is 2.15. The first-order valence-corrected chi connectivity index (χ1v) is 6.72. The van der Waals surface area contributed by atoms with Gasteiger partial charge in [0.15, 0.2) is 5.58 Å². The molecule has 106 valence electrons. The molecule has 1 fully saturated rings. The number of carbonyl (C=O) groups is 1. The van der Waals surface area contributed by atoms with Gasteiger partial charge in [-0.05, 0) is 37.5 Å². The number of hydrogen-bond acceptors (Lipinski definition) is 5. The first kappa shape index (κ1) is 12.9. The molecular weight excluding hydrogens is 260 g/mol. The molecule has 0 radical (unpaired) electrons. The summed E-state index contributed by atoms with van der Waals surface area (Å²) in [5, 5.41) is 12.0. The zero-order chi connectivity index (χ0) is 13.9. The summed E-state index contributed by atoms with van der Waals surface area (Å²) in [6.07, 6.45) is 3.48. The first-order chi connectivity index (χ1) is 9.72. The van der Waals surface area contributed by atoms with Crippen LogP contribution < -0.4 is 5.32 Å². The van der Waals surface area contributed by atoms with Crippen molar-refractivity contribution in [3.8, 4) is 0 Å². The summed E-state index contributed by atoms with van der Waals surface area (Å²) < 4.78 is 11.0. The van der Waals surface area contributed by atoms with E-state index in [1.165, 1.54) is 12.1 Å². The maximum atomic E-state index is 10.9. The number of fused-ring (bicyclic) bond motifs is 1. The molecule has 1 aliphatic rings. The molecule has 6 heteroatoms. The number of nitrogens with zero attached hydrogens (tertiary/aromatic N) is 1. The molecule has 1 aromatic carbocycles. The molecule has 2 aromatic rings. The van der Waals surface area contributed by atoms with E-state index in [2.05, 4.69) is 10.3 Å². The van der Waals surface area contributed by atoms with Crippen molar-refractivity contribution in [1.29, 1.82) is 0 Å². The quantitative estimate of drug-likeness (QED) is 0.872. The average molecular weight is 276 g/mol. The van der Waals surface area contributed by atoms with Crippen molar-refractivity contribution in [1.82, 2.24) is 4.98 Å². The summed E-state index contributed by atoms with van der Waals surface area (Å²) in [5.41, 5.74) is 1.32. The Morgan fingerprint density at radius 2 is 2.40 bits per heavy atom. The lowest BCUT2D eigenvalue weighted by atomic mass is 10.2.